The number of nitrogens with one attached hydrogen (secondary N) is 2. The summed E-state index contributed by atoms with van der Waals surface area (Å²) in [4.78, 5) is 7.30. The molecule has 0 aliphatic carbocycles. The first kappa shape index (κ1) is 14.9. The minimum Gasteiger partial charge on any atom is -0.283 e. The lowest BCUT2D eigenvalue weighted by Gasteiger charge is -2.05. The van der Waals surface area contributed by atoms with Crippen molar-refractivity contribution in [3.05, 3.63) is 35.1 Å². The highest BCUT2D eigenvalue weighted by atomic mass is 35.5. The Morgan fingerprint density at radius 3 is 2.60 bits per heavy atom. The lowest BCUT2D eigenvalue weighted by molar-refractivity contribution is 0.578. The molecule has 2 rings (SSSR count). The number of hydrogen-bond acceptors (Lipinski definition) is 5. The molecule has 108 valence electrons. The number of nitrogens with zero attached hydrogens (tertiary/aromatic N) is 3. The normalized spacial score (nSPS) is 11.7. The van der Waals surface area contributed by atoms with Crippen LogP contribution in [-0.4, -0.2) is 35.1 Å². The number of aryl methyl sites for hydroxylation is 2. The highest BCUT2D eigenvalue weighted by Gasteiger charge is 2.14. The molecule has 0 aliphatic heterocycles. The third kappa shape index (κ3) is 3.75. The highest BCUT2D eigenvalue weighted by molar-refractivity contribution is 7.89. The van der Waals surface area contributed by atoms with Gasteiger partial charge in [0.1, 0.15) is 4.90 Å². The molecule has 9 heteroatoms. The van der Waals surface area contributed by atoms with Gasteiger partial charge < -0.3 is 0 Å². The smallest absolute Gasteiger partial charge is 0.243 e. The van der Waals surface area contributed by atoms with Gasteiger partial charge in [0, 0.05) is 12.2 Å². The van der Waals surface area contributed by atoms with E-state index in [0.717, 1.165) is 17.7 Å². The van der Waals surface area contributed by atoms with Crippen LogP contribution in [0.25, 0.3) is 0 Å². The van der Waals surface area contributed by atoms with Gasteiger partial charge in [-0.1, -0.05) is 0 Å². The predicted molar refractivity (Wildman–Crippen MR) is 73.9 cm³/mol. The molecule has 0 saturated carbocycles. The molecule has 2 aromatic rings. The van der Waals surface area contributed by atoms with Crippen molar-refractivity contribution in [3.8, 4) is 0 Å². The van der Waals surface area contributed by atoms with E-state index in [1.807, 2.05) is 6.92 Å². The number of hydrogen-bond donors (Lipinski definition) is 2. The van der Waals surface area contributed by atoms with E-state index in [2.05, 4.69) is 24.9 Å². The van der Waals surface area contributed by atoms with Crippen LogP contribution in [0.4, 0.5) is 0 Å². The molecule has 2 heterocycles. The van der Waals surface area contributed by atoms with Crippen LogP contribution < -0.4 is 4.72 Å². The maximum Gasteiger partial charge on any atom is 0.243 e. The molecular weight excluding hydrogens is 302 g/mol. The Labute approximate surface area is 121 Å². The quantitative estimate of drug-likeness (QED) is 0.613. The summed E-state index contributed by atoms with van der Waals surface area (Å²) < 4.78 is 26.3. The van der Waals surface area contributed by atoms with E-state index in [0.29, 0.717) is 13.0 Å². The van der Waals surface area contributed by atoms with Gasteiger partial charge in [-0.05, 0) is 36.9 Å². The van der Waals surface area contributed by atoms with E-state index in [1.165, 1.54) is 12.4 Å². The molecule has 0 bridgehead atoms. The Bertz CT molecular complexity index is 668. The molecule has 0 aromatic carbocycles. The standard InChI is InChI=1S/C11H14ClN5O2S/c1-8-9(5-15-17-8)3-2-4-16-20(18,19)10-6-13-11(12)14-7-10/h5-7,16H,2-4H2,1H3,(H,15,17). The molecule has 7 nitrogen and oxygen atoms in total. The summed E-state index contributed by atoms with van der Waals surface area (Å²) in [6.07, 6.45) is 5.53. The summed E-state index contributed by atoms with van der Waals surface area (Å²) >= 11 is 5.51. The number of aromatic nitrogens is 4. The zero-order valence-electron chi connectivity index (χ0n) is 10.8. The number of H-pyrrole nitrogens is 1. The molecule has 20 heavy (non-hydrogen) atoms. The van der Waals surface area contributed by atoms with Gasteiger partial charge in [-0.3, -0.25) is 5.10 Å². The maximum atomic E-state index is 11.9. The second-order valence-corrected chi connectivity index (χ2v) is 6.31. The van der Waals surface area contributed by atoms with Gasteiger partial charge in [0.25, 0.3) is 0 Å². The zero-order valence-corrected chi connectivity index (χ0v) is 12.4. The third-order valence-corrected chi connectivity index (χ3v) is 4.37. The van der Waals surface area contributed by atoms with Crippen molar-refractivity contribution in [3.63, 3.8) is 0 Å². The Balaban J connectivity index is 1.87. The fourth-order valence-corrected chi connectivity index (χ4v) is 2.70. The van der Waals surface area contributed by atoms with Crippen molar-refractivity contribution in [1.29, 1.82) is 0 Å². The van der Waals surface area contributed by atoms with Crippen molar-refractivity contribution in [2.45, 2.75) is 24.7 Å². The minimum atomic E-state index is -3.59. The first-order valence-corrected chi connectivity index (χ1v) is 7.81. The van der Waals surface area contributed by atoms with E-state index >= 15 is 0 Å². The molecule has 0 spiro atoms. The van der Waals surface area contributed by atoms with Crippen LogP contribution >= 0.6 is 11.6 Å². The van der Waals surface area contributed by atoms with Gasteiger partial charge >= 0.3 is 0 Å². The minimum absolute atomic E-state index is 0.00129. The Hall–Kier alpha value is -1.51. The fourth-order valence-electron chi connectivity index (χ4n) is 1.64. The molecule has 2 aromatic heterocycles. The van der Waals surface area contributed by atoms with E-state index in [-0.39, 0.29) is 10.2 Å². The van der Waals surface area contributed by atoms with E-state index in [9.17, 15) is 8.42 Å². The number of aromatic amines is 1. The van der Waals surface area contributed by atoms with Crippen LogP contribution in [0.3, 0.4) is 0 Å². The molecular formula is C11H14ClN5O2S. The number of rotatable bonds is 6. The van der Waals surface area contributed by atoms with Gasteiger partial charge in [0.2, 0.25) is 15.3 Å². The second-order valence-electron chi connectivity index (χ2n) is 4.21. The molecule has 0 aliphatic rings. The largest absolute Gasteiger partial charge is 0.283 e. The average molecular weight is 316 g/mol. The van der Waals surface area contributed by atoms with Crippen LogP contribution in [0.2, 0.25) is 5.28 Å². The van der Waals surface area contributed by atoms with Gasteiger partial charge in [-0.25, -0.2) is 23.1 Å². The van der Waals surface area contributed by atoms with Crippen LogP contribution in [0.5, 0.6) is 0 Å². The summed E-state index contributed by atoms with van der Waals surface area (Å²) in [5.74, 6) is 0. The van der Waals surface area contributed by atoms with Crippen molar-refractivity contribution >= 4 is 21.6 Å². The molecule has 0 atom stereocenters. The van der Waals surface area contributed by atoms with E-state index in [1.54, 1.807) is 6.20 Å². The molecule has 0 unspecified atom stereocenters. The summed E-state index contributed by atoms with van der Waals surface area (Å²) in [5, 5.41) is 6.76. The first-order valence-electron chi connectivity index (χ1n) is 5.95. The fraction of sp³-hybridized carbons (Fsp3) is 0.364. The SMILES string of the molecule is Cc1[nH]ncc1CCCNS(=O)(=O)c1cnc(Cl)nc1. The van der Waals surface area contributed by atoms with E-state index in [4.69, 9.17) is 11.6 Å². The van der Waals surface area contributed by atoms with Crippen molar-refractivity contribution in [2.75, 3.05) is 6.54 Å². The molecule has 0 amide bonds. The Morgan fingerprint density at radius 1 is 1.30 bits per heavy atom. The molecule has 2 N–H and O–H groups in total. The van der Waals surface area contributed by atoms with Crippen molar-refractivity contribution < 1.29 is 8.42 Å². The third-order valence-electron chi connectivity index (χ3n) is 2.76. The van der Waals surface area contributed by atoms with Crippen LogP contribution in [0.1, 0.15) is 17.7 Å². The predicted octanol–water partition coefficient (Wildman–Crippen LogP) is 1.07. The van der Waals surface area contributed by atoms with Gasteiger partial charge in [0.05, 0.1) is 18.6 Å². The molecule has 0 fully saturated rings. The average Bonchev–Trinajstić information content (AvgIpc) is 2.81. The van der Waals surface area contributed by atoms with Gasteiger partial charge in [0.15, 0.2) is 0 Å². The number of halogens is 1. The Kier molecular flexibility index (Phi) is 4.69. The summed E-state index contributed by atoms with van der Waals surface area (Å²) in [6.45, 7) is 2.26. The molecule has 0 saturated heterocycles. The lowest BCUT2D eigenvalue weighted by Crippen LogP contribution is -2.25. The van der Waals surface area contributed by atoms with Gasteiger partial charge in [-0.15, -0.1) is 0 Å². The molecule has 0 radical (unpaired) electrons. The van der Waals surface area contributed by atoms with Gasteiger partial charge in [-0.2, -0.15) is 5.10 Å². The van der Waals surface area contributed by atoms with Crippen LogP contribution in [0, 0.1) is 6.92 Å². The van der Waals surface area contributed by atoms with Crippen molar-refractivity contribution in [2.24, 2.45) is 0 Å². The van der Waals surface area contributed by atoms with Crippen LogP contribution in [0.15, 0.2) is 23.5 Å². The monoisotopic (exact) mass is 315 g/mol. The highest BCUT2D eigenvalue weighted by Crippen LogP contribution is 2.08. The summed E-state index contributed by atoms with van der Waals surface area (Å²) in [6, 6.07) is 0. The maximum absolute atomic E-state index is 11.9. The summed E-state index contributed by atoms with van der Waals surface area (Å²) in [5.41, 5.74) is 2.08. The summed E-state index contributed by atoms with van der Waals surface area (Å²) in [7, 11) is -3.59. The topological polar surface area (TPSA) is 101 Å². The lowest BCUT2D eigenvalue weighted by atomic mass is 10.1. The second kappa shape index (κ2) is 6.29. The Morgan fingerprint density at radius 2 is 2.00 bits per heavy atom. The number of sulfonamides is 1. The van der Waals surface area contributed by atoms with E-state index < -0.39 is 10.0 Å². The zero-order chi connectivity index (χ0) is 14.6. The van der Waals surface area contributed by atoms with Crippen LogP contribution in [-0.2, 0) is 16.4 Å². The first-order chi connectivity index (χ1) is 9.49. The van der Waals surface area contributed by atoms with Crippen molar-refractivity contribution in [1.82, 2.24) is 24.9 Å².